The van der Waals surface area contributed by atoms with Crippen molar-refractivity contribution in [2.24, 2.45) is 0 Å². The van der Waals surface area contributed by atoms with Crippen LogP contribution in [0.4, 0.5) is 15.6 Å². The van der Waals surface area contributed by atoms with Crippen LogP contribution in [0.15, 0.2) is 23.7 Å². The third-order valence-corrected chi connectivity index (χ3v) is 4.06. The molecule has 0 radical (unpaired) electrons. The van der Waals surface area contributed by atoms with E-state index < -0.39 is 0 Å². The Morgan fingerprint density at radius 2 is 2.27 bits per heavy atom. The smallest absolute Gasteiger partial charge is 0.321 e. The summed E-state index contributed by atoms with van der Waals surface area (Å²) in [7, 11) is 0. The van der Waals surface area contributed by atoms with Gasteiger partial charge in [-0.05, 0) is 30.5 Å². The lowest BCUT2D eigenvalue weighted by Crippen LogP contribution is -2.31. The van der Waals surface area contributed by atoms with E-state index in [2.05, 4.69) is 26.1 Å². The van der Waals surface area contributed by atoms with Crippen LogP contribution in [0, 0.1) is 0 Å². The minimum Gasteiger partial charge on any atom is -0.331 e. The Kier molecular flexibility index (Phi) is 4.01. The van der Waals surface area contributed by atoms with Gasteiger partial charge < -0.3 is 10.6 Å². The van der Waals surface area contributed by atoms with Gasteiger partial charge in [0.25, 0.3) is 0 Å². The minimum absolute atomic E-state index is 0.0443. The summed E-state index contributed by atoms with van der Waals surface area (Å²) in [6.07, 6.45) is 1.22. The molecule has 7 nitrogen and oxygen atoms in total. The van der Waals surface area contributed by atoms with Crippen LogP contribution in [0.2, 0.25) is 0 Å². The number of anilines is 2. The van der Waals surface area contributed by atoms with E-state index in [-0.39, 0.29) is 18.0 Å². The van der Waals surface area contributed by atoms with Crippen molar-refractivity contribution in [1.29, 1.82) is 0 Å². The van der Waals surface area contributed by atoms with Crippen molar-refractivity contribution in [3.8, 4) is 0 Å². The van der Waals surface area contributed by atoms with Gasteiger partial charge in [0.2, 0.25) is 11.0 Å². The number of fused-ring (bicyclic) bond motifs is 1. The van der Waals surface area contributed by atoms with Crippen molar-refractivity contribution in [2.75, 3.05) is 10.6 Å². The van der Waals surface area contributed by atoms with Gasteiger partial charge in [-0.3, -0.25) is 10.1 Å². The lowest BCUT2D eigenvalue weighted by molar-refractivity contribution is -0.116. The van der Waals surface area contributed by atoms with E-state index in [0.29, 0.717) is 11.6 Å². The number of hydrogen-bond donors (Lipinski definition) is 3. The molecule has 0 unspecified atom stereocenters. The van der Waals surface area contributed by atoms with Gasteiger partial charge in [0.05, 0.1) is 6.04 Å². The largest absolute Gasteiger partial charge is 0.331 e. The lowest BCUT2D eigenvalue weighted by atomic mass is 9.98. The van der Waals surface area contributed by atoms with E-state index in [1.54, 1.807) is 5.51 Å². The Hall–Kier alpha value is -2.48. The van der Waals surface area contributed by atoms with Gasteiger partial charge in [-0.15, -0.1) is 10.2 Å². The third kappa shape index (κ3) is 3.22. The second-order valence-electron chi connectivity index (χ2n) is 5.03. The van der Waals surface area contributed by atoms with Crippen molar-refractivity contribution in [1.82, 2.24) is 15.5 Å². The zero-order chi connectivity index (χ0) is 15.5. The van der Waals surface area contributed by atoms with Crippen LogP contribution in [-0.2, 0) is 11.2 Å². The summed E-state index contributed by atoms with van der Waals surface area (Å²) in [5.41, 5.74) is 4.49. The van der Waals surface area contributed by atoms with E-state index in [4.69, 9.17) is 0 Å². The first-order chi connectivity index (χ1) is 10.6. The van der Waals surface area contributed by atoms with Gasteiger partial charge in [-0.2, -0.15) is 0 Å². The standard InChI is InChI=1S/C14H15N5O2S/c1-8(16-13(21)18-14-19-15-7-22-14)9-2-4-11-10(6-9)3-5-12(20)17-11/h2,4,6-8H,3,5H2,1H3,(H,17,20)(H2,16,18,19,21)/t8-/m0/s1. The average Bonchev–Trinajstić information content (AvgIpc) is 2.99. The minimum atomic E-state index is -0.324. The van der Waals surface area contributed by atoms with E-state index in [1.807, 2.05) is 25.1 Å². The Balaban J connectivity index is 1.66. The van der Waals surface area contributed by atoms with Gasteiger partial charge >= 0.3 is 6.03 Å². The molecule has 3 N–H and O–H groups in total. The highest BCUT2D eigenvalue weighted by molar-refractivity contribution is 7.13. The molecule has 2 heterocycles. The molecule has 114 valence electrons. The molecule has 0 saturated heterocycles. The van der Waals surface area contributed by atoms with Crippen LogP contribution in [0.5, 0.6) is 0 Å². The molecular formula is C14H15N5O2S. The molecule has 3 amide bonds. The normalized spacial score (nSPS) is 14.7. The van der Waals surface area contributed by atoms with E-state index in [0.717, 1.165) is 23.2 Å². The Labute approximate surface area is 131 Å². The van der Waals surface area contributed by atoms with E-state index in [9.17, 15) is 9.59 Å². The molecule has 0 spiro atoms. The molecule has 1 aliphatic heterocycles. The fraction of sp³-hybridized carbons (Fsp3) is 0.286. The number of urea groups is 1. The maximum Gasteiger partial charge on any atom is 0.321 e. The Morgan fingerprint density at radius 1 is 1.41 bits per heavy atom. The third-order valence-electron chi connectivity index (χ3n) is 3.45. The summed E-state index contributed by atoms with van der Waals surface area (Å²) in [5, 5.41) is 16.2. The fourth-order valence-electron chi connectivity index (χ4n) is 2.31. The topological polar surface area (TPSA) is 96.0 Å². The summed E-state index contributed by atoms with van der Waals surface area (Å²) in [5.74, 6) is 0.0443. The number of rotatable bonds is 3. The van der Waals surface area contributed by atoms with Crippen LogP contribution in [0.3, 0.4) is 0 Å². The highest BCUT2D eigenvalue weighted by atomic mass is 32.1. The number of amides is 3. The molecular weight excluding hydrogens is 302 g/mol. The number of benzene rings is 1. The van der Waals surface area contributed by atoms with Gasteiger partial charge in [-0.1, -0.05) is 23.5 Å². The molecule has 1 aliphatic rings. The Bertz CT molecular complexity index is 701. The van der Waals surface area contributed by atoms with Crippen molar-refractivity contribution in [3.63, 3.8) is 0 Å². The second-order valence-corrected chi connectivity index (χ2v) is 5.86. The molecule has 0 fully saturated rings. The molecule has 1 aromatic carbocycles. The Morgan fingerprint density at radius 3 is 3.05 bits per heavy atom. The summed E-state index contributed by atoms with van der Waals surface area (Å²) in [4.78, 5) is 23.2. The summed E-state index contributed by atoms with van der Waals surface area (Å²) >= 11 is 1.26. The summed E-state index contributed by atoms with van der Waals surface area (Å²) < 4.78 is 0. The van der Waals surface area contributed by atoms with Crippen LogP contribution >= 0.6 is 11.3 Å². The summed E-state index contributed by atoms with van der Waals surface area (Å²) in [6, 6.07) is 5.32. The first-order valence-electron chi connectivity index (χ1n) is 6.88. The van der Waals surface area contributed by atoms with Gasteiger partial charge in [0.1, 0.15) is 5.51 Å². The van der Waals surface area contributed by atoms with Crippen molar-refractivity contribution >= 4 is 34.1 Å². The first kappa shape index (κ1) is 14.5. The van der Waals surface area contributed by atoms with Gasteiger partial charge in [-0.25, -0.2) is 4.79 Å². The van der Waals surface area contributed by atoms with E-state index >= 15 is 0 Å². The first-order valence-corrected chi connectivity index (χ1v) is 7.76. The number of nitrogens with one attached hydrogen (secondary N) is 3. The van der Waals surface area contributed by atoms with Crippen LogP contribution < -0.4 is 16.0 Å². The molecule has 1 atom stereocenters. The zero-order valence-electron chi connectivity index (χ0n) is 11.9. The van der Waals surface area contributed by atoms with Gasteiger partial charge in [0, 0.05) is 12.1 Å². The van der Waals surface area contributed by atoms with Crippen LogP contribution in [0.25, 0.3) is 0 Å². The maximum absolute atomic E-state index is 11.9. The highest BCUT2D eigenvalue weighted by Gasteiger charge is 2.17. The quantitative estimate of drug-likeness (QED) is 0.809. The predicted molar refractivity (Wildman–Crippen MR) is 83.9 cm³/mol. The van der Waals surface area contributed by atoms with Gasteiger partial charge in [0.15, 0.2) is 0 Å². The number of nitrogens with zero attached hydrogens (tertiary/aromatic N) is 2. The average molecular weight is 317 g/mol. The number of carbonyl (C=O) groups is 2. The zero-order valence-corrected chi connectivity index (χ0v) is 12.7. The molecule has 0 saturated carbocycles. The van der Waals surface area contributed by atoms with Crippen molar-refractivity contribution in [2.45, 2.75) is 25.8 Å². The van der Waals surface area contributed by atoms with Crippen molar-refractivity contribution in [3.05, 3.63) is 34.8 Å². The monoisotopic (exact) mass is 317 g/mol. The SMILES string of the molecule is C[C@H](NC(=O)Nc1nncs1)c1ccc2c(c1)CCC(=O)N2. The van der Waals surface area contributed by atoms with Crippen LogP contribution in [-0.4, -0.2) is 22.1 Å². The van der Waals surface area contributed by atoms with Crippen LogP contribution in [0.1, 0.15) is 30.5 Å². The molecule has 1 aromatic heterocycles. The number of aryl methyl sites for hydroxylation is 1. The van der Waals surface area contributed by atoms with E-state index in [1.165, 1.54) is 11.3 Å². The molecule has 0 aliphatic carbocycles. The second kappa shape index (κ2) is 6.10. The fourth-order valence-corrected chi connectivity index (χ4v) is 2.75. The number of aromatic nitrogens is 2. The molecule has 0 bridgehead atoms. The molecule has 22 heavy (non-hydrogen) atoms. The van der Waals surface area contributed by atoms with Crippen molar-refractivity contribution < 1.29 is 9.59 Å². The highest BCUT2D eigenvalue weighted by Crippen LogP contribution is 2.26. The summed E-state index contributed by atoms with van der Waals surface area (Å²) in [6.45, 7) is 1.91. The molecule has 2 aromatic rings. The maximum atomic E-state index is 11.9. The molecule has 8 heteroatoms. The number of hydrogen-bond acceptors (Lipinski definition) is 5. The lowest BCUT2D eigenvalue weighted by Gasteiger charge is -2.20. The predicted octanol–water partition coefficient (Wildman–Crippen LogP) is 2.31. The number of carbonyl (C=O) groups excluding carboxylic acids is 2. The molecule has 3 rings (SSSR count).